The van der Waals surface area contributed by atoms with E-state index in [4.69, 9.17) is 0 Å². The highest BCUT2D eigenvalue weighted by atomic mass is 16.1. The molecule has 2 nitrogen and oxygen atoms in total. The molecule has 1 aromatic carbocycles. The zero-order valence-electron chi connectivity index (χ0n) is 9.13. The molecule has 0 radical (unpaired) electrons. The number of aldehydes is 1. The van der Waals surface area contributed by atoms with Gasteiger partial charge in [0, 0.05) is 16.6 Å². The van der Waals surface area contributed by atoms with Crippen molar-refractivity contribution in [1.29, 1.82) is 0 Å². The zero-order chi connectivity index (χ0) is 10.8. The summed E-state index contributed by atoms with van der Waals surface area (Å²) in [5.74, 6) is 0. The molecule has 0 unspecified atom stereocenters. The fraction of sp³-hybridized carbons (Fsp3) is 0.308. The van der Waals surface area contributed by atoms with E-state index in [1.54, 1.807) is 0 Å². The van der Waals surface area contributed by atoms with Crippen LogP contribution in [-0.2, 0) is 6.42 Å². The van der Waals surface area contributed by atoms with Crippen molar-refractivity contribution < 1.29 is 4.79 Å². The van der Waals surface area contributed by atoms with Crippen molar-refractivity contribution in [2.24, 2.45) is 0 Å². The Morgan fingerprint density at radius 1 is 1.40 bits per heavy atom. The lowest BCUT2D eigenvalue weighted by Gasteiger charge is -1.98. The molecule has 0 saturated heterocycles. The van der Waals surface area contributed by atoms with Gasteiger partial charge in [0.05, 0.1) is 5.52 Å². The van der Waals surface area contributed by atoms with Crippen LogP contribution in [0, 0.1) is 6.92 Å². The van der Waals surface area contributed by atoms with E-state index < -0.39 is 0 Å². The first kappa shape index (κ1) is 9.97. The smallest absolute Gasteiger partial charge is 0.152 e. The Labute approximate surface area is 89.3 Å². The predicted molar refractivity (Wildman–Crippen MR) is 62.4 cm³/mol. The molecule has 0 aliphatic carbocycles. The summed E-state index contributed by atoms with van der Waals surface area (Å²) in [7, 11) is 0. The van der Waals surface area contributed by atoms with E-state index >= 15 is 0 Å². The number of H-pyrrole nitrogens is 1. The van der Waals surface area contributed by atoms with Gasteiger partial charge in [0.25, 0.3) is 0 Å². The highest BCUT2D eigenvalue weighted by Gasteiger charge is 2.09. The molecule has 1 N–H and O–H groups in total. The van der Waals surface area contributed by atoms with Gasteiger partial charge in [-0.15, -0.1) is 0 Å². The Kier molecular flexibility index (Phi) is 2.58. The number of nitrogens with one attached hydrogen (secondary N) is 1. The number of aryl methyl sites for hydroxylation is 2. The number of rotatable bonds is 3. The SMILES string of the molecule is CCCc1c(C)[nH]c2c(C=O)cccc12. The molecule has 0 saturated carbocycles. The minimum atomic E-state index is 0.748. The molecule has 2 aromatic rings. The van der Waals surface area contributed by atoms with Gasteiger partial charge in [-0.2, -0.15) is 0 Å². The van der Waals surface area contributed by atoms with E-state index in [9.17, 15) is 4.79 Å². The van der Waals surface area contributed by atoms with Crippen molar-refractivity contribution in [3.05, 3.63) is 35.0 Å². The highest BCUT2D eigenvalue weighted by Crippen LogP contribution is 2.25. The molecule has 0 bridgehead atoms. The molecule has 1 heterocycles. The van der Waals surface area contributed by atoms with Crippen LogP contribution in [0.15, 0.2) is 18.2 Å². The molecular weight excluding hydrogens is 186 g/mol. The van der Waals surface area contributed by atoms with E-state index in [-0.39, 0.29) is 0 Å². The van der Waals surface area contributed by atoms with E-state index in [0.717, 1.165) is 30.2 Å². The van der Waals surface area contributed by atoms with Crippen LogP contribution in [0.3, 0.4) is 0 Å². The quantitative estimate of drug-likeness (QED) is 0.760. The Morgan fingerprint density at radius 3 is 2.87 bits per heavy atom. The topological polar surface area (TPSA) is 32.9 Å². The summed E-state index contributed by atoms with van der Waals surface area (Å²) in [5, 5.41) is 1.19. The molecule has 78 valence electrons. The van der Waals surface area contributed by atoms with Gasteiger partial charge in [-0.25, -0.2) is 0 Å². The summed E-state index contributed by atoms with van der Waals surface area (Å²) < 4.78 is 0. The first-order chi connectivity index (χ1) is 7.27. The average molecular weight is 201 g/mol. The molecule has 0 amide bonds. The molecule has 0 aliphatic rings. The first-order valence-electron chi connectivity index (χ1n) is 5.33. The van der Waals surface area contributed by atoms with E-state index in [1.807, 2.05) is 12.1 Å². The zero-order valence-corrected chi connectivity index (χ0v) is 9.13. The number of para-hydroxylation sites is 1. The summed E-state index contributed by atoms with van der Waals surface area (Å²) in [4.78, 5) is 14.2. The third kappa shape index (κ3) is 1.56. The predicted octanol–water partition coefficient (Wildman–Crippen LogP) is 3.24. The van der Waals surface area contributed by atoms with E-state index in [1.165, 1.54) is 16.6 Å². The lowest BCUT2D eigenvalue weighted by atomic mass is 10.0. The van der Waals surface area contributed by atoms with Crippen molar-refractivity contribution in [3.63, 3.8) is 0 Å². The van der Waals surface area contributed by atoms with Gasteiger partial charge in [0.2, 0.25) is 0 Å². The normalized spacial score (nSPS) is 10.8. The third-order valence-electron chi connectivity index (χ3n) is 2.81. The fourth-order valence-corrected chi connectivity index (χ4v) is 2.10. The number of fused-ring (bicyclic) bond motifs is 1. The van der Waals surface area contributed by atoms with Crippen molar-refractivity contribution in [3.8, 4) is 0 Å². The molecule has 15 heavy (non-hydrogen) atoms. The first-order valence-corrected chi connectivity index (χ1v) is 5.33. The van der Waals surface area contributed by atoms with Gasteiger partial charge in [0.15, 0.2) is 6.29 Å². The number of carbonyl (C=O) groups is 1. The van der Waals surface area contributed by atoms with Crippen LogP contribution in [0.2, 0.25) is 0 Å². The molecule has 0 atom stereocenters. The van der Waals surface area contributed by atoms with Crippen LogP contribution in [0.1, 0.15) is 35.0 Å². The Morgan fingerprint density at radius 2 is 2.20 bits per heavy atom. The molecular formula is C13H15NO. The minimum absolute atomic E-state index is 0.748. The van der Waals surface area contributed by atoms with Gasteiger partial charge in [-0.1, -0.05) is 25.5 Å². The molecule has 2 rings (SSSR count). The molecule has 1 aromatic heterocycles. The maximum Gasteiger partial charge on any atom is 0.152 e. The Balaban J connectivity index is 2.72. The number of hydrogen-bond donors (Lipinski definition) is 1. The Bertz CT molecular complexity index is 496. The number of hydrogen-bond acceptors (Lipinski definition) is 1. The lowest BCUT2D eigenvalue weighted by Crippen LogP contribution is -1.84. The van der Waals surface area contributed by atoms with Gasteiger partial charge in [-0.3, -0.25) is 4.79 Å². The van der Waals surface area contributed by atoms with Crippen molar-refractivity contribution in [1.82, 2.24) is 4.98 Å². The maximum atomic E-state index is 10.9. The highest BCUT2D eigenvalue weighted by molar-refractivity contribution is 5.98. The van der Waals surface area contributed by atoms with Crippen LogP contribution in [0.25, 0.3) is 10.9 Å². The van der Waals surface area contributed by atoms with Crippen LogP contribution in [0.5, 0.6) is 0 Å². The van der Waals surface area contributed by atoms with Crippen LogP contribution in [0.4, 0.5) is 0 Å². The second kappa shape index (κ2) is 3.89. The van der Waals surface area contributed by atoms with Gasteiger partial charge in [0.1, 0.15) is 0 Å². The van der Waals surface area contributed by atoms with E-state index in [0.29, 0.717) is 0 Å². The molecule has 0 aliphatic heterocycles. The summed E-state index contributed by atoms with van der Waals surface area (Å²) in [6.07, 6.45) is 3.10. The monoisotopic (exact) mass is 201 g/mol. The summed E-state index contributed by atoms with van der Waals surface area (Å²) in [6, 6.07) is 5.87. The largest absolute Gasteiger partial charge is 0.358 e. The number of aromatic nitrogens is 1. The van der Waals surface area contributed by atoms with Crippen molar-refractivity contribution >= 4 is 17.2 Å². The molecule has 0 spiro atoms. The molecule has 0 fully saturated rings. The summed E-state index contributed by atoms with van der Waals surface area (Å²) in [5.41, 5.74) is 4.25. The van der Waals surface area contributed by atoms with Gasteiger partial charge < -0.3 is 4.98 Å². The Hall–Kier alpha value is -1.57. The minimum Gasteiger partial charge on any atom is -0.358 e. The number of aromatic amines is 1. The van der Waals surface area contributed by atoms with Gasteiger partial charge in [-0.05, 0) is 25.0 Å². The fourth-order valence-electron chi connectivity index (χ4n) is 2.10. The summed E-state index contributed by atoms with van der Waals surface area (Å²) >= 11 is 0. The average Bonchev–Trinajstić information content (AvgIpc) is 2.56. The van der Waals surface area contributed by atoms with Crippen molar-refractivity contribution in [2.45, 2.75) is 26.7 Å². The van der Waals surface area contributed by atoms with Crippen LogP contribution >= 0.6 is 0 Å². The third-order valence-corrected chi connectivity index (χ3v) is 2.81. The maximum absolute atomic E-state index is 10.9. The van der Waals surface area contributed by atoms with Crippen LogP contribution in [-0.4, -0.2) is 11.3 Å². The molecule has 2 heteroatoms. The van der Waals surface area contributed by atoms with Crippen LogP contribution < -0.4 is 0 Å². The number of benzene rings is 1. The second-order valence-corrected chi connectivity index (χ2v) is 3.87. The van der Waals surface area contributed by atoms with Crippen molar-refractivity contribution in [2.75, 3.05) is 0 Å². The number of carbonyl (C=O) groups excluding carboxylic acids is 1. The summed E-state index contributed by atoms with van der Waals surface area (Å²) in [6.45, 7) is 4.24. The lowest BCUT2D eigenvalue weighted by molar-refractivity contribution is 0.112. The standard InChI is InChI=1S/C13H15NO/c1-3-5-11-9(2)14-13-10(8-15)6-4-7-12(11)13/h4,6-8,14H,3,5H2,1-2H3. The van der Waals surface area contributed by atoms with Gasteiger partial charge >= 0.3 is 0 Å². The second-order valence-electron chi connectivity index (χ2n) is 3.87. The van der Waals surface area contributed by atoms with E-state index in [2.05, 4.69) is 24.9 Å².